The molecule has 0 aliphatic carbocycles. The van der Waals surface area contributed by atoms with Crippen LogP contribution in [0.2, 0.25) is 0 Å². The Kier molecular flexibility index (Phi) is 21.2. The fraction of sp³-hybridized carbons (Fsp3) is 0.444. The number of carbonyl (C=O) groups is 5. The van der Waals surface area contributed by atoms with Crippen molar-refractivity contribution in [3.05, 3.63) is 136 Å². The molecule has 5 rings (SSSR count). The summed E-state index contributed by atoms with van der Waals surface area (Å²) in [6, 6.07) is 17.0. The van der Waals surface area contributed by atoms with Crippen molar-refractivity contribution in [1.82, 2.24) is 25.8 Å². The van der Waals surface area contributed by atoms with Crippen LogP contribution in [0.25, 0.3) is 0 Å². The van der Waals surface area contributed by atoms with Crippen molar-refractivity contribution >= 4 is 35.5 Å². The molecule has 1 aliphatic rings. The Morgan fingerprint density at radius 1 is 0.737 bits per heavy atom. The molecule has 0 radical (unpaired) electrons. The molecule has 4 aromatic carbocycles. The molecule has 1 heterocycles. The van der Waals surface area contributed by atoms with E-state index in [1.54, 1.807) is 86.6 Å². The number of aromatic hydroxyl groups is 1. The number of piperidine rings is 1. The third-order valence-corrected chi connectivity index (χ3v) is 13.4. The van der Waals surface area contributed by atoms with Gasteiger partial charge in [-0.15, -0.1) is 0 Å². The van der Waals surface area contributed by atoms with Gasteiger partial charge >= 0.3 is 12.4 Å². The molecule has 1 aliphatic heterocycles. The van der Waals surface area contributed by atoms with E-state index in [9.17, 15) is 55.4 Å². The highest BCUT2D eigenvalue weighted by Gasteiger charge is 2.41. The molecule has 6 atom stereocenters. The molecule has 76 heavy (non-hydrogen) atoms. The molecular weight excluding hydrogens is 999 g/mol. The highest BCUT2D eigenvalue weighted by Crippen LogP contribution is 2.38. The van der Waals surface area contributed by atoms with Crippen molar-refractivity contribution in [1.29, 1.82) is 0 Å². The molecular formula is C54H68F6N10O6. The molecule has 16 nitrogen and oxygen atoms in total. The summed E-state index contributed by atoms with van der Waals surface area (Å²) >= 11 is 0. The second kappa shape index (κ2) is 27.0. The summed E-state index contributed by atoms with van der Waals surface area (Å²) < 4.78 is 82.4. The zero-order valence-electron chi connectivity index (χ0n) is 42.7. The van der Waals surface area contributed by atoms with E-state index in [-0.39, 0.29) is 88.0 Å². The van der Waals surface area contributed by atoms with E-state index in [0.717, 1.165) is 10.5 Å². The highest BCUT2D eigenvalue weighted by molar-refractivity contribution is 5.95. The maximum atomic E-state index is 14.8. The van der Waals surface area contributed by atoms with E-state index in [1.807, 2.05) is 0 Å². The lowest BCUT2D eigenvalue weighted by Gasteiger charge is -2.41. The maximum Gasteiger partial charge on any atom is 0.416 e. The normalized spacial score (nSPS) is 16.4. The van der Waals surface area contributed by atoms with Crippen LogP contribution >= 0.6 is 0 Å². The lowest BCUT2D eigenvalue weighted by molar-refractivity contribution is -0.143. The number of unbranched alkanes of at least 4 members (excludes halogenated alkanes) is 1. The van der Waals surface area contributed by atoms with Gasteiger partial charge in [0.2, 0.25) is 29.5 Å². The van der Waals surface area contributed by atoms with Gasteiger partial charge in [-0.1, -0.05) is 60.7 Å². The first-order valence-electron chi connectivity index (χ1n) is 25.0. The van der Waals surface area contributed by atoms with Crippen LogP contribution in [0.3, 0.4) is 0 Å². The highest BCUT2D eigenvalue weighted by atomic mass is 19.4. The lowest BCUT2D eigenvalue weighted by atomic mass is 9.79. The fourth-order valence-electron chi connectivity index (χ4n) is 9.46. The molecule has 0 spiro atoms. The van der Waals surface area contributed by atoms with Gasteiger partial charge in [0, 0.05) is 51.5 Å². The molecule has 1 fully saturated rings. The standard InChI is InChI=1S/C54H68F6N10O6/c1-32-23-39(71)24-33(2)41(32)29-43(62)47(72)66-44(18-12-21-65-52(63)64)48(73)68-46(27-34-13-6-4-7-14-34)49(74)67-45(17-10-11-20-61)51(76)70-22-19-40(42(31-70)36-15-8-5-9-16-36)50(75)69(3)30-35-25-37(53(55,56)57)28-38(26-35)54(58,59)60/h4-9,13-16,23-26,28,40,42-46,71H,10-12,17-22,27,29-31,61-62H2,1-3H3,(H,66,72)(H,67,74)(H,68,73)(H4,63,64,65)/t40-,42+,43+,44-,45+,46+/m1/s1. The van der Waals surface area contributed by atoms with Gasteiger partial charge in [0.15, 0.2) is 5.96 Å². The Balaban J connectivity index is 1.39. The van der Waals surface area contributed by atoms with Crippen molar-refractivity contribution in [3.63, 3.8) is 0 Å². The Morgan fingerprint density at radius 2 is 1.29 bits per heavy atom. The molecule has 0 saturated carbocycles. The number of hydrogen-bond donors (Lipinski definition) is 8. The first kappa shape index (κ1) is 59.7. The van der Waals surface area contributed by atoms with Crippen LogP contribution in [-0.4, -0.2) is 108 Å². The van der Waals surface area contributed by atoms with Gasteiger partial charge in [-0.25, -0.2) is 0 Å². The number of hydrogen-bond acceptors (Lipinski definition) is 9. The molecule has 0 bridgehead atoms. The number of nitrogens with one attached hydrogen (secondary N) is 3. The molecule has 4 aromatic rings. The number of nitrogens with two attached hydrogens (primary N) is 4. The molecule has 0 unspecified atom stereocenters. The number of phenolic OH excluding ortho intramolecular Hbond substituents is 1. The van der Waals surface area contributed by atoms with E-state index in [1.165, 1.54) is 11.9 Å². The van der Waals surface area contributed by atoms with Crippen molar-refractivity contribution < 1.29 is 55.4 Å². The lowest BCUT2D eigenvalue weighted by Crippen LogP contribution is -2.59. The van der Waals surface area contributed by atoms with Crippen LogP contribution in [-0.2, 0) is 55.7 Å². The summed E-state index contributed by atoms with van der Waals surface area (Å²) in [6.07, 6.45) is -8.79. The van der Waals surface area contributed by atoms with Gasteiger partial charge in [0.1, 0.15) is 23.9 Å². The largest absolute Gasteiger partial charge is 0.508 e. The number of aryl methyl sites for hydroxylation is 2. The van der Waals surface area contributed by atoms with Crippen LogP contribution < -0.4 is 38.9 Å². The third-order valence-electron chi connectivity index (χ3n) is 13.4. The van der Waals surface area contributed by atoms with Gasteiger partial charge in [0.05, 0.1) is 17.2 Å². The van der Waals surface area contributed by atoms with Crippen molar-refractivity contribution in [2.24, 2.45) is 33.8 Å². The van der Waals surface area contributed by atoms with Crippen molar-refractivity contribution in [2.75, 3.05) is 33.2 Å². The van der Waals surface area contributed by atoms with E-state index >= 15 is 0 Å². The number of likely N-dealkylation sites (tertiary alicyclic amines) is 1. The number of halogens is 6. The van der Waals surface area contributed by atoms with Gasteiger partial charge in [-0.05, 0) is 129 Å². The molecule has 22 heteroatoms. The summed E-state index contributed by atoms with van der Waals surface area (Å²) in [4.78, 5) is 78.3. The topological polar surface area (TPSA) is 265 Å². The zero-order valence-corrected chi connectivity index (χ0v) is 42.7. The number of nitrogens with zero attached hydrogens (tertiary/aromatic N) is 3. The Hall–Kier alpha value is -7.20. The number of amides is 5. The smallest absolute Gasteiger partial charge is 0.416 e. The van der Waals surface area contributed by atoms with Crippen LogP contribution in [0.1, 0.15) is 89.0 Å². The van der Waals surface area contributed by atoms with E-state index < -0.39 is 95.6 Å². The fourth-order valence-corrected chi connectivity index (χ4v) is 9.46. The monoisotopic (exact) mass is 1070 g/mol. The number of aliphatic imine (C=N–C) groups is 1. The first-order valence-corrected chi connectivity index (χ1v) is 25.0. The van der Waals surface area contributed by atoms with Crippen LogP contribution in [0.15, 0.2) is 96.0 Å². The van der Waals surface area contributed by atoms with Crippen LogP contribution in [0.4, 0.5) is 26.3 Å². The molecule has 412 valence electrons. The van der Waals surface area contributed by atoms with Crippen molar-refractivity contribution in [2.45, 2.75) is 114 Å². The van der Waals surface area contributed by atoms with Gasteiger partial charge in [-0.2, -0.15) is 26.3 Å². The second-order valence-corrected chi connectivity index (χ2v) is 19.3. The number of rotatable bonds is 23. The van der Waals surface area contributed by atoms with Gasteiger partial charge < -0.3 is 53.8 Å². The van der Waals surface area contributed by atoms with E-state index in [0.29, 0.717) is 47.2 Å². The summed E-state index contributed by atoms with van der Waals surface area (Å²) in [7, 11) is 1.29. The summed E-state index contributed by atoms with van der Waals surface area (Å²) in [6.45, 7) is 3.33. The molecule has 0 aromatic heterocycles. The number of carbonyl (C=O) groups excluding carboxylic acids is 5. The van der Waals surface area contributed by atoms with Crippen LogP contribution in [0, 0.1) is 19.8 Å². The predicted molar refractivity (Wildman–Crippen MR) is 275 cm³/mol. The zero-order chi connectivity index (χ0) is 55.9. The molecule has 5 amide bonds. The number of phenols is 1. The summed E-state index contributed by atoms with van der Waals surface area (Å²) in [5, 5.41) is 18.5. The van der Waals surface area contributed by atoms with Crippen LogP contribution in [0.5, 0.6) is 5.75 Å². The Bertz CT molecular complexity index is 2600. The van der Waals surface area contributed by atoms with Gasteiger partial charge in [-0.3, -0.25) is 29.0 Å². The molecule has 12 N–H and O–H groups in total. The number of benzene rings is 4. The predicted octanol–water partition coefficient (Wildman–Crippen LogP) is 5.09. The minimum absolute atomic E-state index is 0.00309. The minimum atomic E-state index is -5.08. The molecule has 1 saturated heterocycles. The Morgan fingerprint density at radius 3 is 1.87 bits per heavy atom. The summed E-state index contributed by atoms with van der Waals surface area (Å²) in [5.74, 6) is -4.85. The third kappa shape index (κ3) is 17.2. The maximum absolute atomic E-state index is 14.8. The Labute approximate surface area is 438 Å². The number of alkyl halides is 6. The second-order valence-electron chi connectivity index (χ2n) is 19.3. The number of guanidine groups is 1. The van der Waals surface area contributed by atoms with E-state index in [2.05, 4.69) is 20.9 Å². The minimum Gasteiger partial charge on any atom is -0.508 e. The van der Waals surface area contributed by atoms with Gasteiger partial charge in [0.25, 0.3) is 0 Å². The average molecular weight is 1070 g/mol. The average Bonchev–Trinajstić information content (AvgIpc) is 3.36. The quantitative estimate of drug-likeness (QED) is 0.0211. The summed E-state index contributed by atoms with van der Waals surface area (Å²) in [5.41, 5.74) is 23.4. The van der Waals surface area contributed by atoms with E-state index in [4.69, 9.17) is 22.9 Å². The SMILES string of the molecule is Cc1cc(O)cc(C)c1C[C@H](N)C(=O)N[C@H](CCCN=C(N)N)C(=O)N[C@@H](Cc1ccccc1)C(=O)N[C@@H](CCCCN)C(=O)N1CC[C@@H](C(=O)N(C)Cc2cc(C(F)(F)F)cc(C(F)(F)F)c2)[C@H](c2ccccc2)C1. The first-order chi connectivity index (χ1) is 35.9. The van der Waals surface area contributed by atoms with Crippen molar-refractivity contribution in [3.8, 4) is 5.75 Å².